The molecule has 0 unspecified atom stereocenters. The summed E-state index contributed by atoms with van der Waals surface area (Å²) in [5.74, 6) is 0.521. The first-order chi connectivity index (χ1) is 6.13. The predicted molar refractivity (Wildman–Crippen MR) is 65.6 cm³/mol. The van der Waals surface area contributed by atoms with Crippen molar-refractivity contribution in [3.05, 3.63) is 34.9 Å². The standard InChI is InChI=1S/C11H16ClN.ClH/c1-8-3-4-10(5-9(8)2)6-11(13)7-12;/h3-5,11H,6-7,13H2,1-2H3;1H/t11-;/m1./s1. The van der Waals surface area contributed by atoms with Crippen molar-refractivity contribution in [2.24, 2.45) is 5.73 Å². The van der Waals surface area contributed by atoms with Crippen molar-refractivity contribution in [2.75, 3.05) is 5.88 Å². The first kappa shape index (κ1) is 13.8. The van der Waals surface area contributed by atoms with E-state index in [0.29, 0.717) is 5.88 Å². The number of aryl methyl sites for hydroxylation is 2. The van der Waals surface area contributed by atoms with Crippen molar-refractivity contribution in [1.82, 2.24) is 0 Å². The van der Waals surface area contributed by atoms with Gasteiger partial charge < -0.3 is 5.73 Å². The summed E-state index contributed by atoms with van der Waals surface area (Å²) in [5, 5.41) is 0. The maximum Gasteiger partial charge on any atom is 0.0378 e. The fraction of sp³-hybridized carbons (Fsp3) is 0.455. The number of rotatable bonds is 3. The highest BCUT2D eigenvalue weighted by atomic mass is 35.5. The number of nitrogens with two attached hydrogens (primary N) is 1. The first-order valence-corrected chi connectivity index (χ1v) is 5.04. The third kappa shape index (κ3) is 3.87. The number of hydrogen-bond donors (Lipinski definition) is 1. The Balaban J connectivity index is 0.00000169. The molecule has 1 nitrogen and oxygen atoms in total. The molecular weight excluding hydrogens is 217 g/mol. The number of benzene rings is 1. The van der Waals surface area contributed by atoms with Crippen LogP contribution < -0.4 is 5.73 Å². The highest BCUT2D eigenvalue weighted by molar-refractivity contribution is 6.18. The quantitative estimate of drug-likeness (QED) is 0.799. The topological polar surface area (TPSA) is 26.0 Å². The van der Waals surface area contributed by atoms with Crippen molar-refractivity contribution < 1.29 is 0 Å². The molecule has 0 amide bonds. The monoisotopic (exact) mass is 233 g/mol. The van der Waals surface area contributed by atoms with Crippen molar-refractivity contribution >= 4 is 24.0 Å². The van der Waals surface area contributed by atoms with E-state index in [2.05, 4.69) is 32.0 Å². The van der Waals surface area contributed by atoms with Crippen LogP contribution >= 0.6 is 24.0 Å². The van der Waals surface area contributed by atoms with Gasteiger partial charge in [0.05, 0.1) is 0 Å². The van der Waals surface area contributed by atoms with Crippen LogP contribution in [-0.2, 0) is 6.42 Å². The van der Waals surface area contributed by atoms with Crippen LogP contribution in [0.25, 0.3) is 0 Å². The lowest BCUT2D eigenvalue weighted by molar-refractivity contribution is 0.744. The summed E-state index contributed by atoms with van der Waals surface area (Å²) in [7, 11) is 0. The van der Waals surface area contributed by atoms with Gasteiger partial charge in [-0.1, -0.05) is 18.2 Å². The van der Waals surface area contributed by atoms with Gasteiger partial charge in [0.2, 0.25) is 0 Å². The second-order valence-electron chi connectivity index (χ2n) is 3.54. The molecule has 0 aliphatic rings. The zero-order valence-electron chi connectivity index (χ0n) is 8.59. The van der Waals surface area contributed by atoms with E-state index >= 15 is 0 Å². The van der Waals surface area contributed by atoms with Crippen LogP contribution in [0.3, 0.4) is 0 Å². The molecule has 0 spiro atoms. The maximum absolute atomic E-state index is 5.76. The van der Waals surface area contributed by atoms with Crippen LogP contribution in [0.15, 0.2) is 18.2 Å². The summed E-state index contributed by atoms with van der Waals surface area (Å²) in [4.78, 5) is 0. The van der Waals surface area contributed by atoms with E-state index < -0.39 is 0 Å². The molecule has 14 heavy (non-hydrogen) atoms. The predicted octanol–water partition coefficient (Wildman–Crippen LogP) is 2.83. The number of hydrogen-bond acceptors (Lipinski definition) is 1. The molecule has 1 aromatic rings. The minimum Gasteiger partial charge on any atom is -0.326 e. The SMILES string of the molecule is Cc1ccc(C[C@@H](N)CCl)cc1C.Cl. The van der Waals surface area contributed by atoms with E-state index in [1.807, 2.05) is 0 Å². The van der Waals surface area contributed by atoms with Gasteiger partial charge in [-0.25, -0.2) is 0 Å². The Hall–Kier alpha value is -0.240. The molecule has 80 valence electrons. The Morgan fingerprint density at radius 2 is 1.93 bits per heavy atom. The largest absolute Gasteiger partial charge is 0.326 e. The summed E-state index contributed by atoms with van der Waals surface area (Å²) >= 11 is 5.65. The lowest BCUT2D eigenvalue weighted by atomic mass is 10.0. The molecule has 2 N–H and O–H groups in total. The van der Waals surface area contributed by atoms with E-state index in [0.717, 1.165) is 6.42 Å². The molecule has 1 aromatic carbocycles. The second kappa shape index (κ2) is 6.28. The molecule has 0 bridgehead atoms. The van der Waals surface area contributed by atoms with Crippen molar-refractivity contribution in [3.8, 4) is 0 Å². The van der Waals surface area contributed by atoms with Gasteiger partial charge in [-0.05, 0) is 37.0 Å². The molecule has 1 atom stereocenters. The maximum atomic E-state index is 5.76. The van der Waals surface area contributed by atoms with E-state index in [1.165, 1.54) is 16.7 Å². The molecule has 0 heterocycles. The van der Waals surface area contributed by atoms with Gasteiger partial charge in [0.1, 0.15) is 0 Å². The molecule has 1 rings (SSSR count). The summed E-state index contributed by atoms with van der Waals surface area (Å²) in [6, 6.07) is 6.51. The molecule has 0 fully saturated rings. The molecule has 0 saturated carbocycles. The minimum atomic E-state index is 0. The van der Waals surface area contributed by atoms with Gasteiger partial charge in [-0.3, -0.25) is 0 Å². The van der Waals surface area contributed by atoms with Gasteiger partial charge in [0.25, 0.3) is 0 Å². The van der Waals surface area contributed by atoms with Gasteiger partial charge in [0, 0.05) is 11.9 Å². The van der Waals surface area contributed by atoms with Gasteiger partial charge >= 0.3 is 0 Å². The molecule has 0 radical (unpaired) electrons. The van der Waals surface area contributed by atoms with Gasteiger partial charge in [0.15, 0.2) is 0 Å². The fourth-order valence-electron chi connectivity index (χ4n) is 1.29. The average Bonchev–Trinajstić information content (AvgIpc) is 2.11. The summed E-state index contributed by atoms with van der Waals surface area (Å²) in [6.07, 6.45) is 0.866. The van der Waals surface area contributed by atoms with Crippen molar-refractivity contribution in [3.63, 3.8) is 0 Å². The molecule has 0 saturated heterocycles. The number of alkyl halides is 1. The zero-order valence-corrected chi connectivity index (χ0v) is 10.2. The molecule has 0 aliphatic heterocycles. The Morgan fingerprint density at radius 3 is 2.43 bits per heavy atom. The molecule has 0 aromatic heterocycles. The Morgan fingerprint density at radius 1 is 1.29 bits per heavy atom. The summed E-state index contributed by atoms with van der Waals surface area (Å²) < 4.78 is 0. The van der Waals surface area contributed by atoms with Crippen LogP contribution in [0.5, 0.6) is 0 Å². The van der Waals surface area contributed by atoms with Crippen LogP contribution in [0.4, 0.5) is 0 Å². The highest BCUT2D eigenvalue weighted by Gasteiger charge is 2.02. The number of halogens is 2. The Kier molecular flexibility index (Phi) is 6.17. The Labute approximate surface area is 97.1 Å². The van der Waals surface area contributed by atoms with E-state index in [1.54, 1.807) is 0 Å². The lowest BCUT2D eigenvalue weighted by Gasteiger charge is -2.09. The summed E-state index contributed by atoms with van der Waals surface area (Å²) in [5.41, 5.74) is 9.68. The van der Waals surface area contributed by atoms with E-state index in [4.69, 9.17) is 17.3 Å². The second-order valence-corrected chi connectivity index (χ2v) is 3.85. The lowest BCUT2D eigenvalue weighted by Crippen LogP contribution is -2.24. The third-order valence-corrected chi connectivity index (χ3v) is 2.66. The Bertz CT molecular complexity index is 287. The smallest absolute Gasteiger partial charge is 0.0378 e. The third-order valence-electron chi connectivity index (χ3n) is 2.27. The zero-order chi connectivity index (χ0) is 9.84. The average molecular weight is 234 g/mol. The minimum absolute atomic E-state index is 0. The molecular formula is C11H17Cl2N. The summed E-state index contributed by atoms with van der Waals surface area (Å²) in [6.45, 7) is 4.23. The van der Waals surface area contributed by atoms with Crippen LogP contribution in [0.2, 0.25) is 0 Å². The molecule has 0 aliphatic carbocycles. The van der Waals surface area contributed by atoms with Crippen LogP contribution in [0, 0.1) is 13.8 Å². The van der Waals surface area contributed by atoms with Crippen molar-refractivity contribution in [1.29, 1.82) is 0 Å². The van der Waals surface area contributed by atoms with Crippen LogP contribution in [0.1, 0.15) is 16.7 Å². The van der Waals surface area contributed by atoms with E-state index in [9.17, 15) is 0 Å². The van der Waals surface area contributed by atoms with Crippen molar-refractivity contribution in [2.45, 2.75) is 26.3 Å². The van der Waals surface area contributed by atoms with Gasteiger partial charge in [-0.2, -0.15) is 0 Å². The fourth-order valence-corrected chi connectivity index (χ4v) is 1.40. The van der Waals surface area contributed by atoms with E-state index in [-0.39, 0.29) is 18.4 Å². The highest BCUT2D eigenvalue weighted by Crippen LogP contribution is 2.11. The van der Waals surface area contributed by atoms with Crippen LogP contribution in [-0.4, -0.2) is 11.9 Å². The normalized spacial score (nSPS) is 12.0. The molecule has 3 heteroatoms. The van der Waals surface area contributed by atoms with Gasteiger partial charge in [-0.15, -0.1) is 24.0 Å². The first-order valence-electron chi connectivity index (χ1n) is 4.51.